The van der Waals surface area contributed by atoms with Crippen molar-refractivity contribution in [2.24, 2.45) is 5.92 Å². The first kappa shape index (κ1) is 43.6. The van der Waals surface area contributed by atoms with Gasteiger partial charge in [-0.25, -0.2) is 18.2 Å². The molecule has 5 atom stereocenters. The van der Waals surface area contributed by atoms with Gasteiger partial charge in [-0.05, 0) is 70.7 Å². The fourth-order valence-corrected chi connectivity index (χ4v) is 8.59. The fourth-order valence-electron chi connectivity index (χ4n) is 7.23. The largest absolute Gasteiger partial charge is 0.497 e. The van der Waals surface area contributed by atoms with Crippen molar-refractivity contribution in [1.29, 1.82) is 0 Å². The molecule has 1 aromatic heterocycles. The Morgan fingerprint density at radius 2 is 1.78 bits per heavy atom. The summed E-state index contributed by atoms with van der Waals surface area (Å²) in [5, 5.41) is 5.34. The molecule has 2 aromatic carbocycles. The van der Waals surface area contributed by atoms with Crippen molar-refractivity contribution in [2.45, 2.75) is 87.5 Å². The maximum atomic E-state index is 14.7. The summed E-state index contributed by atoms with van der Waals surface area (Å²) in [6.45, 7) is 12.2. The van der Waals surface area contributed by atoms with Gasteiger partial charge >= 0.3 is 6.09 Å². The van der Waals surface area contributed by atoms with E-state index in [9.17, 15) is 32.4 Å². The summed E-state index contributed by atoms with van der Waals surface area (Å²) in [5.41, 5.74) is -0.499. The van der Waals surface area contributed by atoms with Gasteiger partial charge in [0.25, 0.3) is 5.91 Å². The number of benzene rings is 2. The normalized spacial score (nSPS) is 21.6. The molecule has 1 saturated heterocycles. The summed E-state index contributed by atoms with van der Waals surface area (Å²) in [7, 11) is -0.901. The fraction of sp³-hybridized carbons (Fsp3) is 0.442. The monoisotopic (exact) mass is 844 g/mol. The smallest absolute Gasteiger partial charge is 0.408 e. The first-order chi connectivity index (χ1) is 28.4. The number of rotatable bonds is 16. The summed E-state index contributed by atoms with van der Waals surface area (Å²) in [5.74, 6) is -2.34. The van der Waals surface area contributed by atoms with E-state index >= 15 is 0 Å². The highest BCUT2D eigenvalue weighted by Crippen LogP contribution is 2.45. The summed E-state index contributed by atoms with van der Waals surface area (Å²) in [6, 6.07) is 14.1. The number of likely N-dealkylation sites (N-methyl/N-ethyl adjacent to an activating group) is 1. The molecule has 0 spiro atoms. The van der Waals surface area contributed by atoms with E-state index in [-0.39, 0.29) is 32.4 Å². The SMILES string of the molecule is C=CC(=O)N(C)CC[C@@H](NC(=O)OC(C)(C)C)C(=O)N1C[C@H](Oc2cc(-c3ccccc3)nc3ccc(OC)cc23)C[C@H]1C(=O)N[C@]1(C(=O)NS(=O)(=O)C2CC2)C[C@H]1C=C. The molecule has 3 fully saturated rings. The van der Waals surface area contributed by atoms with E-state index in [4.69, 9.17) is 19.2 Å². The Labute approximate surface area is 349 Å². The molecule has 1 aliphatic heterocycles. The van der Waals surface area contributed by atoms with Gasteiger partial charge < -0.3 is 34.6 Å². The lowest BCUT2D eigenvalue weighted by Gasteiger charge is -2.31. The van der Waals surface area contributed by atoms with Crippen molar-refractivity contribution in [2.75, 3.05) is 27.2 Å². The zero-order valence-corrected chi connectivity index (χ0v) is 35.3. The molecular weight excluding hydrogens is 793 g/mol. The van der Waals surface area contributed by atoms with Crippen LogP contribution in [0.4, 0.5) is 4.79 Å². The number of alkyl carbamates (subject to hydrolysis) is 1. The molecule has 3 N–H and O–H groups in total. The molecule has 2 aliphatic carbocycles. The predicted octanol–water partition coefficient (Wildman–Crippen LogP) is 3.86. The van der Waals surface area contributed by atoms with Crippen LogP contribution in [0.2, 0.25) is 0 Å². The Morgan fingerprint density at radius 3 is 2.40 bits per heavy atom. The van der Waals surface area contributed by atoms with Gasteiger partial charge in [0.1, 0.15) is 40.8 Å². The molecule has 0 bridgehead atoms. The third-order valence-corrected chi connectivity index (χ3v) is 12.6. The number of nitrogens with one attached hydrogen (secondary N) is 3. The van der Waals surface area contributed by atoms with Crippen LogP contribution in [0.15, 0.2) is 79.9 Å². The first-order valence-electron chi connectivity index (χ1n) is 19.8. The van der Waals surface area contributed by atoms with Gasteiger partial charge in [-0.3, -0.25) is 23.9 Å². The zero-order valence-electron chi connectivity index (χ0n) is 34.4. The predicted molar refractivity (Wildman–Crippen MR) is 223 cm³/mol. The number of amides is 5. The lowest BCUT2D eigenvalue weighted by atomic mass is 10.1. The van der Waals surface area contributed by atoms with E-state index in [1.54, 1.807) is 45.0 Å². The minimum absolute atomic E-state index is 0.0224. The summed E-state index contributed by atoms with van der Waals surface area (Å²) < 4.78 is 45.5. The number of pyridine rings is 1. The van der Waals surface area contributed by atoms with Crippen LogP contribution in [0.1, 0.15) is 52.9 Å². The minimum Gasteiger partial charge on any atom is -0.497 e. The Balaban J connectivity index is 1.35. The van der Waals surface area contributed by atoms with Gasteiger partial charge in [-0.2, -0.15) is 0 Å². The number of hydrogen-bond acceptors (Lipinski definition) is 11. The van der Waals surface area contributed by atoms with Crippen LogP contribution < -0.4 is 24.8 Å². The van der Waals surface area contributed by atoms with E-state index < -0.39 is 80.2 Å². The lowest BCUT2D eigenvalue weighted by molar-refractivity contribution is -0.141. The average molecular weight is 845 g/mol. The van der Waals surface area contributed by atoms with Crippen LogP contribution in [-0.2, 0) is 33.9 Å². The highest BCUT2D eigenvalue weighted by atomic mass is 32.2. The summed E-state index contributed by atoms with van der Waals surface area (Å²) >= 11 is 0. The molecule has 0 radical (unpaired) electrons. The number of nitrogens with zero attached hydrogens (tertiary/aromatic N) is 3. The van der Waals surface area contributed by atoms with Gasteiger partial charge in [0.15, 0.2) is 0 Å². The molecule has 17 heteroatoms. The number of carbonyl (C=O) groups is 5. The molecule has 2 saturated carbocycles. The molecular formula is C43H52N6O10S. The van der Waals surface area contributed by atoms with Crippen molar-refractivity contribution in [1.82, 2.24) is 30.1 Å². The second-order valence-electron chi connectivity index (χ2n) is 16.4. The quantitative estimate of drug-likeness (QED) is 0.140. The minimum atomic E-state index is -3.96. The van der Waals surface area contributed by atoms with Gasteiger partial charge in [0.05, 0.1) is 30.1 Å². The lowest BCUT2D eigenvalue weighted by Crippen LogP contribution is -2.58. The first-order valence-corrected chi connectivity index (χ1v) is 21.3. The van der Waals surface area contributed by atoms with Crippen molar-refractivity contribution < 1.29 is 46.6 Å². The Morgan fingerprint density at radius 1 is 1.07 bits per heavy atom. The molecule has 60 heavy (non-hydrogen) atoms. The molecule has 16 nitrogen and oxygen atoms in total. The van der Waals surface area contributed by atoms with Gasteiger partial charge in [-0.15, -0.1) is 6.58 Å². The van der Waals surface area contributed by atoms with Crippen LogP contribution in [0, 0.1) is 5.92 Å². The van der Waals surface area contributed by atoms with Gasteiger partial charge in [0.2, 0.25) is 27.7 Å². The van der Waals surface area contributed by atoms with E-state index in [0.717, 1.165) is 11.6 Å². The summed E-state index contributed by atoms with van der Waals surface area (Å²) in [4.78, 5) is 75.9. The number of likely N-dealkylation sites (tertiary alicyclic amines) is 1. The van der Waals surface area contributed by atoms with Crippen molar-refractivity contribution in [3.05, 3.63) is 79.9 Å². The molecule has 320 valence electrons. The van der Waals surface area contributed by atoms with Crippen LogP contribution >= 0.6 is 0 Å². The van der Waals surface area contributed by atoms with E-state index in [2.05, 4.69) is 28.5 Å². The summed E-state index contributed by atoms with van der Waals surface area (Å²) in [6.07, 6.45) is 1.71. The molecule has 5 amide bonds. The van der Waals surface area contributed by atoms with Gasteiger partial charge in [0, 0.05) is 42.9 Å². The molecule has 2 heterocycles. The van der Waals surface area contributed by atoms with E-state index in [1.165, 1.54) is 30.0 Å². The van der Waals surface area contributed by atoms with E-state index in [1.807, 2.05) is 30.3 Å². The van der Waals surface area contributed by atoms with Crippen LogP contribution in [0.3, 0.4) is 0 Å². The van der Waals surface area contributed by atoms with Crippen molar-refractivity contribution in [3.8, 4) is 22.8 Å². The number of hydrogen-bond donors (Lipinski definition) is 3. The van der Waals surface area contributed by atoms with Crippen molar-refractivity contribution in [3.63, 3.8) is 0 Å². The molecule has 3 aromatic rings. The van der Waals surface area contributed by atoms with Crippen LogP contribution in [0.25, 0.3) is 22.2 Å². The maximum absolute atomic E-state index is 14.7. The number of fused-ring (bicyclic) bond motifs is 1. The number of ether oxygens (including phenoxy) is 3. The highest BCUT2D eigenvalue weighted by molar-refractivity contribution is 7.91. The Bertz CT molecular complexity index is 2290. The average Bonchev–Trinajstić information content (AvgIpc) is 4.14. The maximum Gasteiger partial charge on any atom is 0.408 e. The topological polar surface area (TPSA) is 203 Å². The number of aromatic nitrogens is 1. The Kier molecular flexibility index (Phi) is 12.6. The molecule has 6 rings (SSSR count). The third kappa shape index (κ3) is 9.89. The van der Waals surface area contributed by atoms with Crippen LogP contribution in [-0.4, -0.2) is 115 Å². The number of sulfonamides is 1. The second-order valence-corrected chi connectivity index (χ2v) is 18.3. The highest BCUT2D eigenvalue weighted by Gasteiger charge is 2.62. The molecule has 0 unspecified atom stereocenters. The zero-order chi connectivity index (χ0) is 43.6. The van der Waals surface area contributed by atoms with Gasteiger partial charge in [-0.1, -0.05) is 43.0 Å². The second kappa shape index (κ2) is 17.3. The Hall–Kier alpha value is -5.97. The van der Waals surface area contributed by atoms with E-state index in [0.29, 0.717) is 40.9 Å². The number of carbonyl (C=O) groups excluding carboxylic acids is 5. The molecule has 3 aliphatic rings. The van der Waals surface area contributed by atoms with Crippen molar-refractivity contribution >= 4 is 50.6 Å². The third-order valence-electron chi connectivity index (χ3n) is 10.7. The number of methoxy groups -OCH3 is 1. The standard InChI is InChI=1S/C43H52N6O10S/c1-8-27-24-43(27,40(53)47-60(55,56)30-16-17-30)46-38(51)35-22-29(25-49(35)39(52)33(19-20-48(6)37(50)9-2)45-41(54)59-42(3,4)5)58-36-23-34(26-13-11-10-12-14-26)44-32-18-15-28(57-7)21-31(32)36/h8-15,18,21,23,27,29-30,33,35H,1-2,16-17,19-20,22,24-25H2,3-7H3,(H,45,54)(H,46,51)(H,47,53)/t27-,29-,33-,35+,43-/m1/s1. The van der Waals surface area contributed by atoms with Crippen LogP contribution in [0.5, 0.6) is 11.5 Å².